The van der Waals surface area contributed by atoms with Crippen LogP contribution in [0.15, 0.2) is 84.9 Å². The van der Waals surface area contributed by atoms with E-state index in [1.165, 1.54) is 0 Å². The van der Waals surface area contributed by atoms with Gasteiger partial charge in [-0.3, -0.25) is 9.10 Å². The lowest BCUT2D eigenvalue weighted by atomic mass is 9.94. The average Bonchev–Trinajstić information content (AvgIpc) is 2.75. The Balaban J connectivity index is 1.76. The zero-order chi connectivity index (χ0) is 24.1. The second-order valence-electron chi connectivity index (χ2n) is 8.68. The van der Waals surface area contributed by atoms with Gasteiger partial charge in [0.2, 0.25) is 15.9 Å². The number of rotatable bonds is 9. The monoisotopic (exact) mass is 466 g/mol. The summed E-state index contributed by atoms with van der Waals surface area (Å²) in [4.78, 5) is 13.1. The molecule has 3 rings (SSSR count). The van der Waals surface area contributed by atoms with Crippen molar-refractivity contribution < 1.29 is 17.9 Å². The molecule has 0 fully saturated rings. The molecule has 0 aromatic heterocycles. The summed E-state index contributed by atoms with van der Waals surface area (Å²) in [6.07, 6.45) is 1.72. The Morgan fingerprint density at radius 3 is 1.97 bits per heavy atom. The molecule has 1 amide bonds. The third-order valence-electron chi connectivity index (χ3n) is 5.11. The second-order valence-corrected chi connectivity index (χ2v) is 10.5. The lowest BCUT2D eigenvalue weighted by molar-refractivity contribution is -0.123. The molecule has 6 nitrogen and oxygen atoms in total. The van der Waals surface area contributed by atoms with Crippen LogP contribution in [0.2, 0.25) is 0 Å². The van der Waals surface area contributed by atoms with Crippen LogP contribution in [-0.4, -0.2) is 32.2 Å². The summed E-state index contributed by atoms with van der Waals surface area (Å²) >= 11 is 0. The maximum atomic E-state index is 13.1. The quantitative estimate of drug-likeness (QED) is 0.493. The Labute approximate surface area is 196 Å². The van der Waals surface area contributed by atoms with E-state index in [1.807, 2.05) is 74.5 Å². The van der Waals surface area contributed by atoms with Gasteiger partial charge in [-0.05, 0) is 69.2 Å². The number of anilines is 1. The van der Waals surface area contributed by atoms with Gasteiger partial charge in [0.25, 0.3) is 0 Å². The molecule has 0 bridgehead atoms. The van der Waals surface area contributed by atoms with Crippen molar-refractivity contribution >= 4 is 21.6 Å². The van der Waals surface area contributed by atoms with E-state index in [4.69, 9.17) is 4.74 Å². The minimum absolute atomic E-state index is 0.369. The van der Waals surface area contributed by atoms with E-state index >= 15 is 0 Å². The molecule has 0 saturated carbocycles. The molecule has 7 heteroatoms. The van der Waals surface area contributed by atoms with Crippen molar-refractivity contribution in [2.45, 2.75) is 38.8 Å². The fourth-order valence-electron chi connectivity index (χ4n) is 3.68. The van der Waals surface area contributed by atoms with Crippen molar-refractivity contribution in [2.75, 3.05) is 10.6 Å². The zero-order valence-corrected chi connectivity index (χ0v) is 20.2. The molecule has 0 aliphatic rings. The highest BCUT2D eigenvalue weighted by Gasteiger charge is 2.32. The van der Waals surface area contributed by atoms with Crippen molar-refractivity contribution in [3.8, 4) is 11.5 Å². The van der Waals surface area contributed by atoms with Crippen LogP contribution in [0.25, 0.3) is 0 Å². The lowest BCUT2D eigenvalue weighted by Gasteiger charge is -2.33. The van der Waals surface area contributed by atoms with Crippen LogP contribution in [-0.2, 0) is 21.2 Å². The van der Waals surface area contributed by atoms with Crippen molar-refractivity contribution in [3.63, 3.8) is 0 Å². The Morgan fingerprint density at radius 2 is 1.42 bits per heavy atom. The minimum atomic E-state index is -3.72. The van der Waals surface area contributed by atoms with Gasteiger partial charge in [0.1, 0.15) is 17.5 Å². The first kappa shape index (κ1) is 24.3. The third kappa shape index (κ3) is 6.83. The molecule has 0 spiro atoms. The van der Waals surface area contributed by atoms with Gasteiger partial charge in [-0.15, -0.1) is 0 Å². The third-order valence-corrected chi connectivity index (χ3v) is 6.35. The molecule has 1 unspecified atom stereocenters. The van der Waals surface area contributed by atoms with Crippen LogP contribution in [0.5, 0.6) is 11.5 Å². The Morgan fingerprint density at radius 1 is 0.909 bits per heavy atom. The molecule has 0 radical (unpaired) electrons. The summed E-state index contributed by atoms with van der Waals surface area (Å²) in [6, 6.07) is 24.9. The molecule has 174 valence electrons. The number of sulfonamides is 1. The molecule has 0 aliphatic carbocycles. The maximum Gasteiger partial charge on any atom is 0.244 e. The minimum Gasteiger partial charge on any atom is -0.457 e. The second kappa shape index (κ2) is 10.1. The predicted molar refractivity (Wildman–Crippen MR) is 132 cm³/mol. The van der Waals surface area contributed by atoms with Crippen LogP contribution < -0.4 is 14.4 Å². The number of carbonyl (C=O) groups excluding carboxylic acids is 1. The zero-order valence-electron chi connectivity index (χ0n) is 19.4. The van der Waals surface area contributed by atoms with Crippen LogP contribution in [0.4, 0.5) is 5.69 Å². The lowest BCUT2D eigenvalue weighted by Crippen LogP contribution is -2.54. The van der Waals surface area contributed by atoms with E-state index in [0.717, 1.165) is 16.1 Å². The standard InChI is InChI=1S/C26H30N2O4S/c1-20(25(29)27-26(2,3)19-21-11-7-5-8-12-21)28(33(4,30)31)22-15-17-24(18-16-22)32-23-13-9-6-10-14-23/h5-18,20H,19H2,1-4H3,(H,27,29). The van der Waals surface area contributed by atoms with Gasteiger partial charge in [0.15, 0.2) is 0 Å². The smallest absolute Gasteiger partial charge is 0.244 e. The molecule has 33 heavy (non-hydrogen) atoms. The molecule has 1 N–H and O–H groups in total. The summed E-state index contributed by atoms with van der Waals surface area (Å²) in [6.45, 7) is 5.43. The summed E-state index contributed by atoms with van der Waals surface area (Å²) in [5.74, 6) is 0.879. The van der Waals surface area contributed by atoms with Crippen LogP contribution in [0.1, 0.15) is 26.3 Å². The SMILES string of the molecule is CC(C(=O)NC(C)(C)Cc1ccccc1)N(c1ccc(Oc2ccccc2)cc1)S(C)(=O)=O. The van der Waals surface area contributed by atoms with Crippen LogP contribution >= 0.6 is 0 Å². The van der Waals surface area contributed by atoms with E-state index in [1.54, 1.807) is 31.2 Å². The first-order valence-corrected chi connectivity index (χ1v) is 12.6. The fraction of sp³-hybridized carbons (Fsp3) is 0.269. The van der Waals surface area contributed by atoms with Gasteiger partial charge < -0.3 is 10.1 Å². The molecular formula is C26H30N2O4S. The van der Waals surface area contributed by atoms with E-state index in [0.29, 0.717) is 23.6 Å². The first-order chi connectivity index (χ1) is 15.5. The molecule has 0 heterocycles. The maximum absolute atomic E-state index is 13.1. The van der Waals surface area contributed by atoms with E-state index < -0.39 is 21.6 Å². The van der Waals surface area contributed by atoms with Gasteiger partial charge in [0, 0.05) is 5.54 Å². The summed E-state index contributed by atoms with van der Waals surface area (Å²) < 4.78 is 32.2. The van der Waals surface area contributed by atoms with Crippen molar-refractivity contribution in [1.82, 2.24) is 5.32 Å². The van der Waals surface area contributed by atoms with E-state index in [-0.39, 0.29) is 5.91 Å². The number of nitrogens with one attached hydrogen (secondary N) is 1. The number of para-hydroxylation sites is 1. The van der Waals surface area contributed by atoms with E-state index in [2.05, 4.69) is 5.32 Å². The molecule has 3 aromatic carbocycles. The molecular weight excluding hydrogens is 436 g/mol. The van der Waals surface area contributed by atoms with Gasteiger partial charge in [0.05, 0.1) is 11.9 Å². The number of amides is 1. The largest absolute Gasteiger partial charge is 0.457 e. The summed E-state index contributed by atoms with van der Waals surface area (Å²) in [5, 5.41) is 3.00. The average molecular weight is 467 g/mol. The van der Waals surface area contributed by atoms with Gasteiger partial charge in [-0.2, -0.15) is 0 Å². The number of hydrogen-bond donors (Lipinski definition) is 1. The number of hydrogen-bond acceptors (Lipinski definition) is 4. The van der Waals surface area contributed by atoms with Crippen molar-refractivity contribution in [3.05, 3.63) is 90.5 Å². The Hall–Kier alpha value is -3.32. The number of ether oxygens (including phenoxy) is 1. The predicted octanol–water partition coefficient (Wildman–Crippen LogP) is 4.77. The van der Waals surface area contributed by atoms with Crippen molar-refractivity contribution in [2.24, 2.45) is 0 Å². The highest BCUT2D eigenvalue weighted by Crippen LogP contribution is 2.27. The van der Waals surface area contributed by atoms with Crippen LogP contribution in [0.3, 0.4) is 0 Å². The number of carbonyl (C=O) groups is 1. The van der Waals surface area contributed by atoms with Crippen LogP contribution in [0, 0.1) is 0 Å². The normalized spacial score (nSPS) is 12.6. The molecule has 0 saturated heterocycles. The molecule has 0 aliphatic heterocycles. The Kier molecular flexibility index (Phi) is 7.43. The van der Waals surface area contributed by atoms with Crippen molar-refractivity contribution in [1.29, 1.82) is 0 Å². The summed E-state index contributed by atoms with van der Waals surface area (Å²) in [7, 11) is -3.72. The topological polar surface area (TPSA) is 75.7 Å². The van der Waals surface area contributed by atoms with Gasteiger partial charge >= 0.3 is 0 Å². The Bertz CT molecular complexity index is 1160. The fourth-order valence-corrected chi connectivity index (χ4v) is 4.86. The van der Waals surface area contributed by atoms with Gasteiger partial charge in [-0.25, -0.2) is 8.42 Å². The number of nitrogens with zero attached hydrogens (tertiary/aromatic N) is 1. The van der Waals surface area contributed by atoms with E-state index in [9.17, 15) is 13.2 Å². The molecule has 3 aromatic rings. The highest BCUT2D eigenvalue weighted by atomic mass is 32.2. The van der Waals surface area contributed by atoms with Gasteiger partial charge in [-0.1, -0.05) is 48.5 Å². The highest BCUT2D eigenvalue weighted by molar-refractivity contribution is 7.92. The number of benzene rings is 3. The summed E-state index contributed by atoms with van der Waals surface area (Å²) in [5.41, 5.74) is 0.925. The first-order valence-electron chi connectivity index (χ1n) is 10.7. The molecule has 1 atom stereocenters.